The monoisotopic (exact) mass is 404 g/mol. The fourth-order valence-corrected chi connectivity index (χ4v) is 4.35. The molecule has 1 amide bonds. The molecule has 2 unspecified atom stereocenters. The van der Waals surface area contributed by atoms with Crippen LogP contribution in [-0.2, 0) is 18.4 Å². The summed E-state index contributed by atoms with van der Waals surface area (Å²) in [5, 5.41) is 8.10. The lowest BCUT2D eigenvalue weighted by atomic mass is 10.2. The van der Waals surface area contributed by atoms with Crippen molar-refractivity contribution in [3.8, 4) is 5.88 Å². The first-order chi connectivity index (χ1) is 13.4. The molecule has 1 aliphatic heterocycles. The van der Waals surface area contributed by atoms with Crippen molar-refractivity contribution in [3.63, 3.8) is 0 Å². The molecular weight excluding hydrogens is 383 g/mol. The van der Waals surface area contributed by atoms with Gasteiger partial charge in [-0.1, -0.05) is 11.3 Å². The molecule has 0 radical (unpaired) electrons. The summed E-state index contributed by atoms with van der Waals surface area (Å²) in [6.45, 7) is 4.56. The Morgan fingerprint density at radius 1 is 1.50 bits per heavy atom. The van der Waals surface area contributed by atoms with Gasteiger partial charge in [-0.3, -0.25) is 14.4 Å². The number of nitrogens with one attached hydrogen (secondary N) is 1. The molecule has 0 aromatic carbocycles. The Kier molecular flexibility index (Phi) is 4.98. The molecule has 2 atom stereocenters. The average Bonchev–Trinajstić information content (AvgIpc) is 3.24. The Hall–Kier alpha value is -2.59. The first-order valence-electron chi connectivity index (χ1n) is 9.00. The van der Waals surface area contributed by atoms with Crippen LogP contribution in [-0.4, -0.2) is 49.2 Å². The standard InChI is InChI=1S/C18H21FN6O2S/c1-10-4-13(27-16-5-12-7-24(3)23-14(12)6-20-16)8-25(10)9-15-17(19)22-18(28-15)21-11(2)26/h5-7,10,13H,4,8-9H2,1-3H3,(H,21,22,26). The molecule has 0 aliphatic carbocycles. The number of fused-ring (bicyclic) bond motifs is 1. The fourth-order valence-electron chi connectivity index (χ4n) is 3.44. The molecule has 3 aromatic rings. The minimum Gasteiger partial charge on any atom is -0.473 e. The van der Waals surface area contributed by atoms with Gasteiger partial charge in [-0.2, -0.15) is 14.5 Å². The Morgan fingerprint density at radius 3 is 3.11 bits per heavy atom. The summed E-state index contributed by atoms with van der Waals surface area (Å²) in [6, 6.07) is 2.12. The third-order valence-corrected chi connectivity index (χ3v) is 5.64. The zero-order valence-electron chi connectivity index (χ0n) is 15.8. The zero-order valence-corrected chi connectivity index (χ0v) is 16.7. The second-order valence-electron chi connectivity index (χ2n) is 7.05. The van der Waals surface area contributed by atoms with Crippen molar-refractivity contribution in [1.82, 2.24) is 24.6 Å². The van der Waals surface area contributed by atoms with E-state index in [1.54, 1.807) is 10.9 Å². The Balaban J connectivity index is 1.41. The van der Waals surface area contributed by atoms with E-state index in [0.717, 1.165) is 28.7 Å². The zero-order chi connectivity index (χ0) is 19.8. The molecule has 1 aliphatic rings. The van der Waals surface area contributed by atoms with E-state index >= 15 is 0 Å². The number of pyridine rings is 1. The molecule has 4 rings (SSSR count). The highest BCUT2D eigenvalue weighted by atomic mass is 32.1. The number of ether oxygens (including phenoxy) is 1. The van der Waals surface area contributed by atoms with Gasteiger partial charge in [0.2, 0.25) is 17.7 Å². The van der Waals surface area contributed by atoms with E-state index in [-0.39, 0.29) is 23.2 Å². The number of anilines is 1. The number of likely N-dealkylation sites (tertiary alicyclic amines) is 1. The maximum Gasteiger partial charge on any atom is 0.230 e. The molecule has 8 nitrogen and oxygen atoms in total. The lowest BCUT2D eigenvalue weighted by Gasteiger charge is -2.19. The van der Waals surface area contributed by atoms with E-state index in [4.69, 9.17) is 4.74 Å². The Labute approximate surface area is 165 Å². The highest BCUT2D eigenvalue weighted by Gasteiger charge is 2.32. The van der Waals surface area contributed by atoms with Gasteiger partial charge in [0, 0.05) is 57.2 Å². The molecule has 1 saturated heterocycles. The van der Waals surface area contributed by atoms with Crippen molar-refractivity contribution >= 4 is 33.3 Å². The second-order valence-corrected chi connectivity index (χ2v) is 8.14. The van der Waals surface area contributed by atoms with Crippen LogP contribution < -0.4 is 10.1 Å². The number of hydrogen-bond acceptors (Lipinski definition) is 7. The molecule has 1 N–H and O–H groups in total. The van der Waals surface area contributed by atoms with Crippen LogP contribution in [0.5, 0.6) is 5.88 Å². The topological polar surface area (TPSA) is 85.2 Å². The number of nitrogens with zero attached hydrogens (tertiary/aromatic N) is 5. The van der Waals surface area contributed by atoms with Gasteiger partial charge >= 0.3 is 0 Å². The van der Waals surface area contributed by atoms with Crippen LogP contribution in [0.3, 0.4) is 0 Å². The van der Waals surface area contributed by atoms with Gasteiger partial charge in [0.1, 0.15) is 11.6 Å². The highest BCUT2D eigenvalue weighted by Crippen LogP contribution is 2.29. The van der Waals surface area contributed by atoms with Crippen molar-refractivity contribution in [3.05, 3.63) is 29.3 Å². The number of hydrogen-bond donors (Lipinski definition) is 1. The van der Waals surface area contributed by atoms with E-state index in [2.05, 4.69) is 32.2 Å². The van der Waals surface area contributed by atoms with Crippen molar-refractivity contribution in [2.24, 2.45) is 7.05 Å². The average molecular weight is 404 g/mol. The van der Waals surface area contributed by atoms with E-state index in [0.29, 0.717) is 23.8 Å². The SMILES string of the molecule is CC(=O)Nc1nc(F)c(CN2CC(Oc3cc4cn(C)nc4cn3)CC2C)s1. The summed E-state index contributed by atoms with van der Waals surface area (Å²) in [6.07, 6.45) is 4.43. The van der Waals surface area contributed by atoms with E-state index in [1.165, 1.54) is 6.92 Å². The summed E-state index contributed by atoms with van der Waals surface area (Å²) in [4.78, 5) is 21.9. The number of amides is 1. The molecule has 3 aromatic heterocycles. The molecule has 0 saturated carbocycles. The van der Waals surface area contributed by atoms with Crippen LogP contribution in [0, 0.1) is 5.95 Å². The lowest BCUT2D eigenvalue weighted by molar-refractivity contribution is -0.114. The number of carbonyl (C=O) groups excluding carboxylic acids is 1. The van der Waals surface area contributed by atoms with Crippen LogP contribution in [0.15, 0.2) is 18.5 Å². The minimum atomic E-state index is -0.533. The molecule has 1 fully saturated rings. The summed E-state index contributed by atoms with van der Waals surface area (Å²) < 4.78 is 21.9. The number of aryl methyl sites for hydroxylation is 1. The molecule has 10 heteroatoms. The van der Waals surface area contributed by atoms with Gasteiger partial charge < -0.3 is 10.1 Å². The van der Waals surface area contributed by atoms with Crippen LogP contribution >= 0.6 is 11.3 Å². The van der Waals surface area contributed by atoms with E-state index < -0.39 is 5.95 Å². The second kappa shape index (κ2) is 7.44. The van der Waals surface area contributed by atoms with Gasteiger partial charge in [0.25, 0.3) is 0 Å². The lowest BCUT2D eigenvalue weighted by Crippen LogP contribution is -2.28. The predicted molar refractivity (Wildman–Crippen MR) is 104 cm³/mol. The normalized spacial score (nSPS) is 20.0. The minimum absolute atomic E-state index is 0.0255. The molecule has 0 bridgehead atoms. The number of rotatable bonds is 5. The smallest absolute Gasteiger partial charge is 0.230 e. The molecule has 28 heavy (non-hydrogen) atoms. The van der Waals surface area contributed by atoms with Crippen LogP contribution in [0.2, 0.25) is 0 Å². The van der Waals surface area contributed by atoms with Crippen LogP contribution in [0.4, 0.5) is 9.52 Å². The quantitative estimate of drug-likeness (QED) is 0.704. The molecule has 0 spiro atoms. The van der Waals surface area contributed by atoms with Crippen molar-refractivity contribution in [2.75, 3.05) is 11.9 Å². The van der Waals surface area contributed by atoms with Crippen LogP contribution in [0.25, 0.3) is 10.9 Å². The van der Waals surface area contributed by atoms with Gasteiger partial charge in [-0.15, -0.1) is 0 Å². The van der Waals surface area contributed by atoms with E-state index in [9.17, 15) is 9.18 Å². The third kappa shape index (κ3) is 3.97. The first-order valence-corrected chi connectivity index (χ1v) is 9.82. The maximum atomic E-state index is 14.1. The number of halogens is 1. The largest absolute Gasteiger partial charge is 0.473 e. The summed E-state index contributed by atoms with van der Waals surface area (Å²) in [5.41, 5.74) is 0.826. The summed E-state index contributed by atoms with van der Waals surface area (Å²) >= 11 is 1.16. The van der Waals surface area contributed by atoms with Gasteiger partial charge in [-0.25, -0.2) is 4.98 Å². The third-order valence-electron chi connectivity index (χ3n) is 4.71. The number of carbonyl (C=O) groups is 1. The highest BCUT2D eigenvalue weighted by molar-refractivity contribution is 7.15. The van der Waals surface area contributed by atoms with Gasteiger partial charge in [0.15, 0.2) is 5.13 Å². The van der Waals surface area contributed by atoms with Gasteiger partial charge in [0.05, 0.1) is 11.1 Å². The van der Waals surface area contributed by atoms with E-state index in [1.807, 2.05) is 19.3 Å². The van der Waals surface area contributed by atoms with Crippen molar-refractivity contribution < 1.29 is 13.9 Å². The summed E-state index contributed by atoms with van der Waals surface area (Å²) in [5.74, 6) is -0.230. The molecule has 4 heterocycles. The van der Waals surface area contributed by atoms with Crippen molar-refractivity contribution in [1.29, 1.82) is 0 Å². The Morgan fingerprint density at radius 2 is 2.32 bits per heavy atom. The fraction of sp³-hybridized carbons (Fsp3) is 0.444. The van der Waals surface area contributed by atoms with Crippen LogP contribution in [0.1, 0.15) is 25.1 Å². The summed E-state index contributed by atoms with van der Waals surface area (Å²) in [7, 11) is 1.87. The predicted octanol–water partition coefficient (Wildman–Crippen LogP) is 2.56. The first kappa shape index (κ1) is 18.8. The molecular formula is C18H21FN6O2S. The van der Waals surface area contributed by atoms with Crippen molar-refractivity contribution in [2.45, 2.75) is 39.0 Å². The maximum absolute atomic E-state index is 14.1. The Bertz CT molecular complexity index is 1020. The number of aromatic nitrogens is 4. The van der Waals surface area contributed by atoms with Gasteiger partial charge in [-0.05, 0) is 6.92 Å². The molecule has 148 valence electrons. The number of thiazole rings is 1.